The zero-order valence-electron chi connectivity index (χ0n) is 11.7. The van der Waals surface area contributed by atoms with Crippen molar-refractivity contribution in [2.45, 2.75) is 76.8 Å². The first-order valence-electron chi connectivity index (χ1n) is 7.66. The molecular weight excluding hydrogens is 224 g/mol. The average Bonchev–Trinajstić information content (AvgIpc) is 2.92. The summed E-state index contributed by atoms with van der Waals surface area (Å²) in [6, 6.07) is 1.13. The molecule has 2 aliphatic carbocycles. The summed E-state index contributed by atoms with van der Waals surface area (Å²) < 4.78 is 0. The van der Waals surface area contributed by atoms with Crippen molar-refractivity contribution in [1.82, 2.24) is 10.3 Å². The zero-order chi connectivity index (χ0) is 12.8. The molecule has 0 saturated heterocycles. The number of rotatable bonds is 3. The normalized spacial score (nSPS) is 23.3. The van der Waals surface area contributed by atoms with Gasteiger partial charge in [-0.1, -0.05) is 32.1 Å². The highest BCUT2D eigenvalue weighted by Gasteiger charge is 2.24. The predicted octanol–water partition coefficient (Wildman–Crippen LogP) is 2.40. The highest BCUT2D eigenvalue weighted by Crippen LogP contribution is 2.24. The van der Waals surface area contributed by atoms with Gasteiger partial charge in [-0.25, -0.2) is 10.8 Å². The Kier molecular flexibility index (Phi) is 5.29. The molecule has 2 saturated carbocycles. The van der Waals surface area contributed by atoms with Crippen LogP contribution in [0.2, 0.25) is 0 Å². The lowest BCUT2D eigenvalue weighted by Crippen LogP contribution is -2.50. The maximum Gasteiger partial charge on any atom is 0.208 e. The lowest BCUT2D eigenvalue weighted by molar-refractivity contribution is 0.244. The number of nitrogens with zero attached hydrogens (tertiary/aromatic N) is 2. The summed E-state index contributed by atoms with van der Waals surface area (Å²) in [7, 11) is 0. The van der Waals surface area contributed by atoms with Crippen LogP contribution >= 0.6 is 0 Å². The van der Waals surface area contributed by atoms with Crippen LogP contribution in [-0.4, -0.2) is 29.5 Å². The third-order valence-electron chi connectivity index (χ3n) is 4.39. The van der Waals surface area contributed by atoms with Crippen LogP contribution in [0.4, 0.5) is 0 Å². The van der Waals surface area contributed by atoms with Crippen LogP contribution in [0, 0.1) is 0 Å². The largest absolute Gasteiger partial charge is 0.339 e. The molecule has 0 heterocycles. The zero-order valence-corrected chi connectivity index (χ0v) is 11.7. The molecule has 0 aromatic rings. The van der Waals surface area contributed by atoms with Crippen LogP contribution in [0.1, 0.15) is 64.7 Å². The van der Waals surface area contributed by atoms with E-state index in [1.165, 1.54) is 57.8 Å². The first kappa shape index (κ1) is 13.7. The molecule has 0 aromatic heterocycles. The van der Waals surface area contributed by atoms with Gasteiger partial charge in [0, 0.05) is 12.6 Å². The molecule has 0 aliphatic heterocycles. The molecule has 0 bridgehead atoms. The van der Waals surface area contributed by atoms with E-state index in [1.54, 1.807) is 0 Å². The fourth-order valence-electron chi connectivity index (χ4n) is 3.37. The number of nitrogens with one attached hydrogen (secondary N) is 1. The van der Waals surface area contributed by atoms with Crippen LogP contribution in [-0.2, 0) is 0 Å². The van der Waals surface area contributed by atoms with E-state index in [0.29, 0.717) is 12.1 Å². The number of hydrogen-bond acceptors (Lipinski definition) is 2. The van der Waals surface area contributed by atoms with Crippen molar-refractivity contribution in [3.8, 4) is 0 Å². The highest BCUT2D eigenvalue weighted by molar-refractivity contribution is 5.80. The summed E-state index contributed by atoms with van der Waals surface area (Å²) in [4.78, 5) is 7.23. The van der Waals surface area contributed by atoms with Crippen molar-refractivity contribution in [3.63, 3.8) is 0 Å². The summed E-state index contributed by atoms with van der Waals surface area (Å²) in [6.45, 7) is 3.20. The Morgan fingerprint density at radius 1 is 1.11 bits per heavy atom. The van der Waals surface area contributed by atoms with Crippen molar-refractivity contribution in [2.75, 3.05) is 6.54 Å². The van der Waals surface area contributed by atoms with Crippen molar-refractivity contribution in [3.05, 3.63) is 0 Å². The molecule has 18 heavy (non-hydrogen) atoms. The summed E-state index contributed by atoms with van der Waals surface area (Å²) in [5, 5.41) is 0. The summed E-state index contributed by atoms with van der Waals surface area (Å²) in [6.07, 6.45) is 11.8. The molecule has 0 unspecified atom stereocenters. The van der Waals surface area contributed by atoms with Crippen LogP contribution in [0.5, 0.6) is 0 Å². The first-order valence-corrected chi connectivity index (χ1v) is 7.66. The van der Waals surface area contributed by atoms with E-state index >= 15 is 0 Å². The third-order valence-corrected chi connectivity index (χ3v) is 4.39. The predicted molar refractivity (Wildman–Crippen MR) is 76.3 cm³/mol. The Bertz CT molecular complexity index is 265. The monoisotopic (exact) mass is 252 g/mol. The molecule has 0 aromatic carbocycles. The Hall–Kier alpha value is -0.770. The van der Waals surface area contributed by atoms with E-state index < -0.39 is 0 Å². The van der Waals surface area contributed by atoms with Gasteiger partial charge in [-0.2, -0.15) is 0 Å². The molecule has 104 valence electrons. The maximum absolute atomic E-state index is 5.71. The number of nitrogens with two attached hydrogens (primary N) is 1. The van der Waals surface area contributed by atoms with E-state index in [9.17, 15) is 0 Å². The van der Waals surface area contributed by atoms with Crippen molar-refractivity contribution in [2.24, 2.45) is 10.8 Å². The highest BCUT2D eigenvalue weighted by atomic mass is 15.4. The van der Waals surface area contributed by atoms with E-state index in [2.05, 4.69) is 17.2 Å². The number of hydrogen-bond donors (Lipinski definition) is 2. The molecular formula is C14H28N4. The second-order valence-corrected chi connectivity index (χ2v) is 5.61. The van der Waals surface area contributed by atoms with Gasteiger partial charge in [-0.15, -0.1) is 0 Å². The minimum absolute atomic E-state index is 0.494. The van der Waals surface area contributed by atoms with Gasteiger partial charge in [-0.05, 0) is 32.6 Å². The van der Waals surface area contributed by atoms with Crippen molar-refractivity contribution >= 4 is 5.96 Å². The van der Waals surface area contributed by atoms with Gasteiger partial charge < -0.3 is 4.90 Å². The Morgan fingerprint density at radius 3 is 2.28 bits per heavy atom. The summed E-state index contributed by atoms with van der Waals surface area (Å²) in [5.41, 5.74) is 2.85. The van der Waals surface area contributed by atoms with E-state index in [0.717, 1.165) is 12.5 Å². The molecule has 2 rings (SSSR count). The van der Waals surface area contributed by atoms with Crippen molar-refractivity contribution < 1.29 is 0 Å². The Balaban J connectivity index is 2.02. The summed E-state index contributed by atoms with van der Waals surface area (Å²) >= 11 is 0. The molecule has 0 amide bonds. The van der Waals surface area contributed by atoms with Crippen molar-refractivity contribution in [1.29, 1.82) is 0 Å². The lowest BCUT2D eigenvalue weighted by Gasteiger charge is -2.35. The molecule has 2 aliphatic rings. The van der Waals surface area contributed by atoms with Gasteiger partial charge >= 0.3 is 0 Å². The van der Waals surface area contributed by atoms with E-state index in [1.807, 2.05) is 0 Å². The number of guanidine groups is 1. The molecule has 4 nitrogen and oxygen atoms in total. The van der Waals surface area contributed by atoms with E-state index in [4.69, 9.17) is 10.8 Å². The lowest BCUT2D eigenvalue weighted by atomic mass is 9.94. The SMILES string of the molecule is CCN(C(=NC1CCCC1)NN)C1CCCCC1. The molecule has 0 radical (unpaired) electrons. The van der Waals surface area contributed by atoms with Gasteiger partial charge in [0.2, 0.25) is 5.96 Å². The van der Waals surface area contributed by atoms with Gasteiger partial charge in [0.25, 0.3) is 0 Å². The second kappa shape index (κ2) is 6.98. The number of hydrazine groups is 1. The van der Waals surface area contributed by atoms with Gasteiger partial charge in [0.15, 0.2) is 0 Å². The fraction of sp³-hybridized carbons (Fsp3) is 0.929. The molecule has 3 N–H and O–H groups in total. The van der Waals surface area contributed by atoms with Crippen LogP contribution in [0.3, 0.4) is 0 Å². The first-order chi connectivity index (χ1) is 8.85. The fourth-order valence-corrected chi connectivity index (χ4v) is 3.37. The molecule has 0 atom stereocenters. The smallest absolute Gasteiger partial charge is 0.208 e. The van der Waals surface area contributed by atoms with E-state index in [-0.39, 0.29) is 0 Å². The van der Waals surface area contributed by atoms with Gasteiger partial charge in [0.05, 0.1) is 6.04 Å². The van der Waals surface area contributed by atoms with Gasteiger partial charge in [0.1, 0.15) is 0 Å². The summed E-state index contributed by atoms with van der Waals surface area (Å²) in [5.74, 6) is 6.64. The minimum Gasteiger partial charge on any atom is -0.339 e. The minimum atomic E-state index is 0.494. The second-order valence-electron chi connectivity index (χ2n) is 5.61. The van der Waals surface area contributed by atoms with Crippen LogP contribution < -0.4 is 11.3 Å². The third kappa shape index (κ3) is 3.37. The van der Waals surface area contributed by atoms with Gasteiger partial charge in [-0.3, -0.25) is 5.43 Å². The molecule has 4 heteroatoms. The standard InChI is InChI=1S/C14H28N4/c1-2-18(13-10-4-3-5-11-13)14(17-15)16-12-8-6-7-9-12/h12-13H,2-11,15H2,1H3,(H,16,17). The maximum atomic E-state index is 5.71. The number of aliphatic imine (C=N–C) groups is 1. The molecule has 2 fully saturated rings. The van der Waals surface area contributed by atoms with Crippen LogP contribution in [0.15, 0.2) is 4.99 Å². The topological polar surface area (TPSA) is 53.6 Å². The quantitative estimate of drug-likeness (QED) is 0.351. The van der Waals surface area contributed by atoms with Crippen LogP contribution in [0.25, 0.3) is 0 Å². The average molecular weight is 252 g/mol. The Labute approximate surface area is 111 Å². The Morgan fingerprint density at radius 2 is 1.72 bits per heavy atom. The molecule has 0 spiro atoms.